The molecule has 62 heavy (non-hydrogen) atoms. The van der Waals surface area contributed by atoms with Crippen molar-refractivity contribution in [2.24, 2.45) is 0 Å². The van der Waals surface area contributed by atoms with Crippen LogP contribution in [0.3, 0.4) is 0 Å². The maximum absolute atomic E-state index is 9.54. The smallest absolute Gasteiger partial charge is 0.0715 e. The summed E-state index contributed by atoms with van der Waals surface area (Å²) in [4.78, 5) is 4.51. The number of fused-ring (bicyclic) bond motifs is 6. The highest BCUT2D eigenvalue weighted by molar-refractivity contribution is 6.15. The fourth-order valence-electron chi connectivity index (χ4n) is 8.45. The van der Waals surface area contributed by atoms with E-state index in [1.54, 1.807) is 12.1 Å². The second-order valence-corrected chi connectivity index (χ2v) is 14.6. The highest BCUT2D eigenvalue weighted by Crippen LogP contribution is 2.43. The third-order valence-electron chi connectivity index (χ3n) is 11.1. The number of nitrogens with zero attached hydrogens (tertiary/aromatic N) is 3. The number of para-hydroxylation sites is 5. The lowest BCUT2D eigenvalue weighted by Crippen LogP contribution is -1.99. The van der Waals surface area contributed by atoms with Crippen molar-refractivity contribution in [3.63, 3.8) is 0 Å². The van der Waals surface area contributed by atoms with Gasteiger partial charge in [-0.15, -0.1) is 0 Å². The van der Waals surface area contributed by atoms with E-state index >= 15 is 0 Å². The summed E-state index contributed by atoms with van der Waals surface area (Å²) in [5.74, 6) is 0. The molecule has 0 saturated carbocycles. The van der Waals surface area contributed by atoms with Crippen molar-refractivity contribution >= 4 is 43.6 Å². The monoisotopic (exact) mass is 807 g/mol. The van der Waals surface area contributed by atoms with Crippen molar-refractivity contribution in [2.45, 2.75) is 0 Å². The van der Waals surface area contributed by atoms with Crippen molar-refractivity contribution < 1.29 is 24.7 Å². The molecule has 3 nitrogen and oxygen atoms in total. The molecule has 0 radical (unpaired) electrons. The molecule has 9 aromatic carbocycles. The molecule has 3 aromatic heterocycles. The van der Waals surface area contributed by atoms with E-state index in [1.165, 1.54) is 18.2 Å². The predicted octanol–water partition coefficient (Wildman–Crippen LogP) is 15.6. The highest BCUT2D eigenvalue weighted by Gasteiger charge is 2.21. The molecule has 290 valence electrons. The van der Waals surface area contributed by atoms with Crippen molar-refractivity contribution in [3.8, 4) is 67.3 Å². The van der Waals surface area contributed by atoms with Gasteiger partial charge in [0.05, 0.1) is 63.8 Å². The fourth-order valence-corrected chi connectivity index (χ4v) is 8.45. The van der Waals surface area contributed by atoms with Gasteiger partial charge in [-0.05, 0) is 76.8 Å². The summed E-state index contributed by atoms with van der Waals surface area (Å²) in [6.45, 7) is 0. The van der Waals surface area contributed by atoms with E-state index in [4.69, 9.17) is 19.2 Å². The minimum absolute atomic E-state index is 0.0491. The van der Waals surface area contributed by atoms with Crippen LogP contribution in [0.15, 0.2) is 236 Å². The Morgan fingerprint density at radius 2 is 0.887 bits per heavy atom. The molecule has 0 aliphatic heterocycles. The lowest BCUT2D eigenvalue weighted by atomic mass is 9.97. The van der Waals surface area contributed by atoms with Gasteiger partial charge in [-0.25, -0.2) is 4.98 Å². The molecular weight excluding hydrogens is 751 g/mol. The van der Waals surface area contributed by atoms with Crippen molar-refractivity contribution in [2.75, 3.05) is 0 Å². The maximum atomic E-state index is 9.54. The second-order valence-electron chi connectivity index (χ2n) is 14.6. The molecule has 3 heteroatoms. The second kappa shape index (κ2) is 14.8. The largest absolute Gasteiger partial charge is 0.309 e. The molecule has 12 aromatic rings. The molecular formula is C59H39N3. The topological polar surface area (TPSA) is 22.8 Å². The van der Waals surface area contributed by atoms with Crippen LogP contribution in [0.25, 0.3) is 111 Å². The van der Waals surface area contributed by atoms with Gasteiger partial charge in [-0.2, -0.15) is 0 Å². The molecule has 0 atom stereocenters. The first-order chi connectivity index (χ1) is 38.2. The van der Waals surface area contributed by atoms with E-state index in [9.17, 15) is 5.48 Å². The Balaban J connectivity index is 1.05. The van der Waals surface area contributed by atoms with Crippen LogP contribution < -0.4 is 0 Å². The van der Waals surface area contributed by atoms with Gasteiger partial charge in [0, 0.05) is 49.5 Å². The van der Waals surface area contributed by atoms with Gasteiger partial charge in [0.2, 0.25) is 0 Å². The fraction of sp³-hybridized carbons (Fsp3) is 0. The van der Waals surface area contributed by atoms with Crippen LogP contribution in [-0.4, -0.2) is 14.1 Å². The summed E-state index contributed by atoms with van der Waals surface area (Å²) < 4.78 is 162. The van der Waals surface area contributed by atoms with E-state index in [1.807, 2.05) is 102 Å². The van der Waals surface area contributed by atoms with Gasteiger partial charge in [0.1, 0.15) is 0 Å². The first kappa shape index (κ1) is 21.8. The van der Waals surface area contributed by atoms with Crippen LogP contribution in [-0.2, 0) is 0 Å². The Labute approximate surface area is 385 Å². The molecule has 3 heterocycles. The van der Waals surface area contributed by atoms with Gasteiger partial charge in [-0.3, -0.25) is 0 Å². The van der Waals surface area contributed by atoms with E-state index in [-0.39, 0.29) is 57.9 Å². The number of rotatable bonds is 7. The summed E-state index contributed by atoms with van der Waals surface area (Å²) in [6.07, 6.45) is 0. The molecule has 0 N–H and O–H groups in total. The number of benzene rings is 9. The molecule has 0 unspecified atom stereocenters. The summed E-state index contributed by atoms with van der Waals surface area (Å²) in [5.41, 5.74) is 4.12. The zero-order chi connectivity index (χ0) is 56.7. The quantitative estimate of drug-likeness (QED) is 0.157. The average Bonchev–Trinajstić information content (AvgIpc) is 4.01. The number of hydrogen-bond acceptors (Lipinski definition) is 1. The summed E-state index contributed by atoms with van der Waals surface area (Å²) in [5, 5.41) is 3.27. The van der Waals surface area contributed by atoms with Crippen molar-refractivity contribution in [3.05, 3.63) is 236 Å². The van der Waals surface area contributed by atoms with E-state index in [0.29, 0.717) is 10.9 Å². The maximum Gasteiger partial charge on any atom is 0.0715 e. The Hall–Kier alpha value is -8.27. The zero-order valence-corrected chi connectivity index (χ0v) is 32.5. The minimum Gasteiger partial charge on any atom is -0.309 e. The first-order valence-electron chi connectivity index (χ1n) is 28.7. The first-order valence-corrected chi connectivity index (χ1v) is 19.7. The molecule has 12 rings (SSSR count). The van der Waals surface area contributed by atoms with Crippen LogP contribution in [0.4, 0.5) is 0 Å². The Bertz CT molecular complexity index is 4540. The van der Waals surface area contributed by atoms with Crippen molar-refractivity contribution in [1.82, 2.24) is 14.1 Å². The van der Waals surface area contributed by atoms with Crippen LogP contribution in [0, 0.1) is 0 Å². The van der Waals surface area contributed by atoms with Gasteiger partial charge in [-0.1, -0.05) is 182 Å². The number of aromatic nitrogens is 3. The van der Waals surface area contributed by atoms with Crippen LogP contribution in [0.1, 0.15) is 24.7 Å². The number of hydrogen-bond donors (Lipinski definition) is 0. The van der Waals surface area contributed by atoms with E-state index < -0.39 is 95.7 Å². The van der Waals surface area contributed by atoms with E-state index in [0.717, 1.165) is 55.0 Å². The Morgan fingerprint density at radius 1 is 0.339 bits per heavy atom. The third kappa shape index (κ3) is 5.94. The van der Waals surface area contributed by atoms with E-state index in [2.05, 4.69) is 9.55 Å². The van der Waals surface area contributed by atoms with Crippen LogP contribution in [0.2, 0.25) is 0 Å². The third-order valence-corrected chi connectivity index (χ3v) is 11.1. The number of pyridine rings is 1. The summed E-state index contributed by atoms with van der Waals surface area (Å²) in [6, 6.07) is 28.7. The molecule has 0 aliphatic rings. The van der Waals surface area contributed by atoms with Gasteiger partial charge in [0.25, 0.3) is 0 Å². The van der Waals surface area contributed by atoms with Gasteiger partial charge < -0.3 is 9.13 Å². The average molecular weight is 808 g/mol. The molecule has 0 fully saturated rings. The standard InChI is InChI=1S/C59H39N3/c1-4-17-42(18-5-1)53-38-45(39-54(60-53)43-19-6-2-7-20-43)41-33-31-40(32-34-41)44-35-36-58-52(37-44)49-25-12-15-30-57(49)62(58)56-29-14-11-24-48(56)51-27-16-26-50-47-23-10-13-28-55(47)61(59(50)51)46-21-8-3-9-22-46/h1-39H/i1D,2D,3D,4D,5D,6D,7D,8D,9D,17D,18D,19D,20D,21D,31D,32D,33D,34D. The van der Waals surface area contributed by atoms with Gasteiger partial charge >= 0.3 is 0 Å². The Kier molecular flexibility index (Phi) is 5.20. The van der Waals surface area contributed by atoms with Crippen LogP contribution in [0.5, 0.6) is 0 Å². The Morgan fingerprint density at radius 3 is 1.61 bits per heavy atom. The summed E-state index contributed by atoms with van der Waals surface area (Å²) >= 11 is 0. The van der Waals surface area contributed by atoms with Gasteiger partial charge in [0.15, 0.2) is 0 Å². The minimum atomic E-state index is -0.695. The zero-order valence-electron chi connectivity index (χ0n) is 50.5. The SMILES string of the molecule is [2H]c1cc(-n2c3ccccc3c3cccc(-c4ccccc4-n4c5ccccc5c5cc(-c6c([2H])c([2H])c(-c7cc(-c8c([2H])c([2H])c([2H])c([2H])c8[2H])nc(-c8c([2H])c([2H])c([2H])c([2H])c8[2H])c7)c([2H])c6[2H])ccc54)c32)c([2H])c([2H])c1[2H]. The molecule has 0 bridgehead atoms. The molecule has 0 amide bonds. The van der Waals surface area contributed by atoms with Crippen LogP contribution >= 0.6 is 0 Å². The highest BCUT2D eigenvalue weighted by atomic mass is 15.0. The lowest BCUT2D eigenvalue weighted by Gasteiger charge is -2.17. The molecule has 0 aliphatic carbocycles. The molecule has 0 saturated heterocycles. The lowest BCUT2D eigenvalue weighted by molar-refractivity contribution is 1.17. The predicted molar refractivity (Wildman–Crippen MR) is 260 cm³/mol. The molecule has 0 spiro atoms. The summed E-state index contributed by atoms with van der Waals surface area (Å²) in [7, 11) is 0. The van der Waals surface area contributed by atoms with Crippen molar-refractivity contribution in [1.29, 1.82) is 0 Å². The normalized spacial score (nSPS) is 15.6.